The van der Waals surface area contributed by atoms with Crippen LogP contribution in [0.4, 0.5) is 4.79 Å². The molecule has 3 amide bonds. The lowest BCUT2D eigenvalue weighted by Crippen LogP contribution is -2.40. The van der Waals surface area contributed by atoms with E-state index in [0.717, 1.165) is 25.9 Å². The number of hydrogen-bond acceptors (Lipinski definition) is 4. The summed E-state index contributed by atoms with van der Waals surface area (Å²) in [7, 11) is 0. The van der Waals surface area contributed by atoms with Crippen molar-refractivity contribution in [1.82, 2.24) is 10.2 Å². The van der Waals surface area contributed by atoms with Gasteiger partial charge in [0.15, 0.2) is 0 Å². The highest BCUT2D eigenvalue weighted by atomic mass is 16.4. The largest absolute Gasteiger partial charge is 0.481 e. The Hall–Kier alpha value is -1.63. The molecule has 4 N–H and O–H groups in total. The molecular weight excluding hydrogens is 250 g/mol. The Labute approximate surface area is 112 Å². The molecule has 1 saturated heterocycles. The second-order valence-electron chi connectivity index (χ2n) is 4.90. The van der Waals surface area contributed by atoms with Crippen LogP contribution in [0.25, 0.3) is 0 Å². The maximum Gasteiger partial charge on any atom is 0.318 e. The Kier molecular flexibility index (Phi) is 6.27. The maximum atomic E-state index is 11.3. The first-order valence-corrected chi connectivity index (χ1v) is 6.51. The Morgan fingerprint density at radius 1 is 1.32 bits per heavy atom. The van der Waals surface area contributed by atoms with Crippen molar-refractivity contribution in [2.45, 2.75) is 32.1 Å². The molecule has 7 nitrogen and oxygen atoms in total. The molecule has 0 radical (unpaired) electrons. The molecule has 108 valence electrons. The molecule has 7 heteroatoms. The minimum absolute atomic E-state index is 0.195. The van der Waals surface area contributed by atoms with E-state index in [1.807, 2.05) is 5.32 Å². The molecule has 1 atom stereocenters. The predicted molar refractivity (Wildman–Crippen MR) is 68.4 cm³/mol. The highest BCUT2D eigenvalue weighted by Crippen LogP contribution is 2.20. The van der Waals surface area contributed by atoms with Crippen LogP contribution in [0.15, 0.2) is 0 Å². The normalized spacial score (nSPS) is 19.9. The fourth-order valence-electron chi connectivity index (χ4n) is 2.38. The van der Waals surface area contributed by atoms with E-state index in [0.29, 0.717) is 18.9 Å². The van der Waals surface area contributed by atoms with Crippen LogP contribution in [0.2, 0.25) is 0 Å². The SMILES string of the molecule is NC(=O)NC(=O)CCN1CCCC(CCC(=O)O)C1. The summed E-state index contributed by atoms with van der Waals surface area (Å²) in [5.41, 5.74) is 4.85. The van der Waals surface area contributed by atoms with E-state index in [2.05, 4.69) is 4.90 Å². The summed E-state index contributed by atoms with van der Waals surface area (Å²) in [5, 5.41) is 10.7. The van der Waals surface area contributed by atoms with Crippen LogP contribution >= 0.6 is 0 Å². The molecule has 1 rings (SSSR count). The average Bonchev–Trinajstić information content (AvgIpc) is 2.34. The second kappa shape index (κ2) is 7.73. The summed E-state index contributed by atoms with van der Waals surface area (Å²) < 4.78 is 0. The number of likely N-dealkylation sites (tertiary alicyclic amines) is 1. The number of rotatable bonds is 6. The van der Waals surface area contributed by atoms with Gasteiger partial charge in [0.25, 0.3) is 0 Å². The van der Waals surface area contributed by atoms with Gasteiger partial charge in [-0.3, -0.25) is 14.9 Å². The monoisotopic (exact) mass is 271 g/mol. The van der Waals surface area contributed by atoms with Crippen molar-refractivity contribution in [1.29, 1.82) is 0 Å². The van der Waals surface area contributed by atoms with Crippen molar-refractivity contribution in [3.63, 3.8) is 0 Å². The van der Waals surface area contributed by atoms with Crippen LogP contribution in [0.5, 0.6) is 0 Å². The summed E-state index contributed by atoms with van der Waals surface area (Å²) in [6.45, 7) is 2.30. The third kappa shape index (κ3) is 6.76. The Morgan fingerprint density at radius 2 is 2.05 bits per heavy atom. The molecule has 0 saturated carbocycles. The molecule has 1 aliphatic heterocycles. The number of urea groups is 1. The van der Waals surface area contributed by atoms with Crippen molar-refractivity contribution >= 4 is 17.9 Å². The number of amides is 3. The van der Waals surface area contributed by atoms with Crippen LogP contribution in [0.1, 0.15) is 32.1 Å². The Balaban J connectivity index is 2.24. The zero-order valence-corrected chi connectivity index (χ0v) is 10.9. The maximum absolute atomic E-state index is 11.3. The quantitative estimate of drug-likeness (QED) is 0.636. The molecule has 0 bridgehead atoms. The standard InChI is InChI=1S/C12H21N3O4/c13-12(19)14-10(16)5-7-15-6-1-2-9(8-15)3-4-11(17)18/h9H,1-8H2,(H,17,18)(H3,13,14,16,19). The van der Waals surface area contributed by atoms with Crippen LogP contribution in [0.3, 0.4) is 0 Å². The first-order valence-electron chi connectivity index (χ1n) is 6.51. The molecule has 0 aromatic heterocycles. The number of primary amides is 1. The summed E-state index contributed by atoms with van der Waals surface area (Å²) >= 11 is 0. The molecule has 1 unspecified atom stereocenters. The minimum atomic E-state index is -0.831. The van der Waals surface area contributed by atoms with E-state index in [1.165, 1.54) is 0 Å². The zero-order valence-electron chi connectivity index (χ0n) is 10.9. The molecule has 0 aromatic rings. The van der Waals surface area contributed by atoms with Gasteiger partial charge in [-0.2, -0.15) is 0 Å². The van der Waals surface area contributed by atoms with Crippen molar-refractivity contribution < 1.29 is 19.5 Å². The van der Waals surface area contributed by atoms with Gasteiger partial charge in [-0.15, -0.1) is 0 Å². The van der Waals surface area contributed by atoms with Crippen molar-refractivity contribution in [2.75, 3.05) is 19.6 Å². The number of piperidine rings is 1. The molecule has 1 aliphatic rings. The predicted octanol–water partition coefficient (Wildman–Crippen LogP) is 0.148. The number of carbonyl (C=O) groups excluding carboxylic acids is 2. The van der Waals surface area contributed by atoms with Crippen molar-refractivity contribution in [3.05, 3.63) is 0 Å². The molecular formula is C12H21N3O4. The summed E-state index contributed by atoms with van der Waals surface area (Å²) in [5.74, 6) is -0.762. The first kappa shape index (κ1) is 15.4. The topological polar surface area (TPSA) is 113 Å². The van der Waals surface area contributed by atoms with Gasteiger partial charge >= 0.3 is 12.0 Å². The van der Waals surface area contributed by atoms with Gasteiger partial charge in [0.2, 0.25) is 5.91 Å². The van der Waals surface area contributed by atoms with Gasteiger partial charge in [0.1, 0.15) is 0 Å². The van der Waals surface area contributed by atoms with Gasteiger partial charge in [0, 0.05) is 25.9 Å². The molecule has 19 heavy (non-hydrogen) atoms. The highest BCUT2D eigenvalue weighted by molar-refractivity contribution is 5.93. The van der Waals surface area contributed by atoms with E-state index in [4.69, 9.17) is 10.8 Å². The van der Waals surface area contributed by atoms with E-state index >= 15 is 0 Å². The lowest BCUT2D eigenvalue weighted by molar-refractivity contribution is -0.137. The number of carbonyl (C=O) groups is 3. The Morgan fingerprint density at radius 3 is 2.68 bits per heavy atom. The fraction of sp³-hybridized carbons (Fsp3) is 0.750. The molecule has 0 aromatic carbocycles. The summed E-state index contributed by atoms with van der Waals surface area (Å²) in [4.78, 5) is 34.4. The van der Waals surface area contributed by atoms with Gasteiger partial charge in [-0.25, -0.2) is 4.79 Å². The van der Waals surface area contributed by atoms with Crippen molar-refractivity contribution in [3.8, 4) is 0 Å². The highest BCUT2D eigenvalue weighted by Gasteiger charge is 2.20. The Bertz CT molecular complexity index is 346. The van der Waals surface area contributed by atoms with Gasteiger partial charge in [0.05, 0.1) is 0 Å². The first-order chi connectivity index (χ1) is 8.97. The van der Waals surface area contributed by atoms with Gasteiger partial charge in [-0.05, 0) is 31.7 Å². The van der Waals surface area contributed by atoms with E-state index < -0.39 is 12.0 Å². The fourth-order valence-corrected chi connectivity index (χ4v) is 2.38. The number of nitrogens with zero attached hydrogens (tertiary/aromatic N) is 1. The molecule has 0 aliphatic carbocycles. The number of hydrogen-bond donors (Lipinski definition) is 3. The second-order valence-corrected chi connectivity index (χ2v) is 4.90. The average molecular weight is 271 g/mol. The smallest absolute Gasteiger partial charge is 0.318 e. The molecule has 1 heterocycles. The van der Waals surface area contributed by atoms with Gasteiger partial charge in [-0.1, -0.05) is 0 Å². The third-order valence-corrected chi connectivity index (χ3v) is 3.29. The lowest BCUT2D eigenvalue weighted by Gasteiger charge is -2.32. The zero-order chi connectivity index (χ0) is 14.3. The number of carboxylic acid groups (broad SMARTS) is 1. The molecule has 1 fully saturated rings. The van der Waals surface area contributed by atoms with E-state index in [-0.39, 0.29) is 18.7 Å². The molecule has 0 spiro atoms. The number of nitrogens with two attached hydrogens (primary N) is 1. The van der Waals surface area contributed by atoms with Gasteiger partial charge < -0.3 is 15.7 Å². The van der Waals surface area contributed by atoms with Crippen molar-refractivity contribution in [2.24, 2.45) is 11.7 Å². The lowest BCUT2D eigenvalue weighted by atomic mass is 9.93. The van der Waals surface area contributed by atoms with Crippen LogP contribution in [-0.4, -0.2) is 47.5 Å². The summed E-state index contributed by atoms with van der Waals surface area (Å²) in [6.07, 6.45) is 3.16. The van der Waals surface area contributed by atoms with Crippen LogP contribution in [0, 0.1) is 5.92 Å². The van der Waals surface area contributed by atoms with Crippen LogP contribution in [-0.2, 0) is 9.59 Å². The van der Waals surface area contributed by atoms with E-state index in [1.54, 1.807) is 0 Å². The van der Waals surface area contributed by atoms with E-state index in [9.17, 15) is 14.4 Å². The number of nitrogens with one attached hydrogen (secondary N) is 1. The third-order valence-electron chi connectivity index (χ3n) is 3.29. The number of carboxylic acids is 1. The van der Waals surface area contributed by atoms with Crippen LogP contribution < -0.4 is 11.1 Å². The number of imide groups is 1. The minimum Gasteiger partial charge on any atom is -0.481 e. The number of aliphatic carboxylic acids is 1. The summed E-state index contributed by atoms with van der Waals surface area (Å²) in [6, 6.07) is -0.831.